The molecule has 3 aliphatic rings. The SMILES string of the molecule is CC#CC(=O)N1CCC[C@H]1c1nc(-c2ccc(C(=O)Nc3cscn3)cc2)c2c(N)nccn12.CC#CC(=O)N1CCC[C@H]1c1nc(Br)c2c(N)nccn12.CC1(C)OB(c2ccc(C(=O)Nc3cscn3)cc2)OC1(C)C. The number of likely N-dealkylation sites (tertiary alicyclic amines) is 2. The number of fused-ring (bicyclic) bond motifs is 2. The molecule has 3 saturated heterocycles. The summed E-state index contributed by atoms with van der Waals surface area (Å²) in [5.74, 6) is 13.1. The summed E-state index contributed by atoms with van der Waals surface area (Å²) in [7, 11) is -0.421. The number of nitrogens with one attached hydrogen (secondary N) is 2. The minimum atomic E-state index is -0.421. The second kappa shape index (κ2) is 23.3. The van der Waals surface area contributed by atoms with Crippen LogP contribution in [0.25, 0.3) is 22.3 Å². The van der Waals surface area contributed by atoms with Crippen molar-refractivity contribution in [2.24, 2.45) is 0 Å². The van der Waals surface area contributed by atoms with Crippen molar-refractivity contribution in [3.05, 3.63) is 122 Å². The molecule has 78 heavy (non-hydrogen) atoms. The molecule has 0 unspecified atom stereocenters. The van der Waals surface area contributed by atoms with E-state index in [2.05, 4.69) is 75.2 Å². The molecule has 0 radical (unpaired) electrons. The van der Waals surface area contributed by atoms with Crippen molar-refractivity contribution >= 4 is 109 Å². The van der Waals surface area contributed by atoms with Crippen LogP contribution >= 0.6 is 38.6 Å². The number of imidazole rings is 2. The number of thiazole rings is 2. The first-order chi connectivity index (χ1) is 37.5. The molecule has 0 saturated carbocycles. The molecule has 2 atom stereocenters. The third-order valence-corrected chi connectivity index (χ3v) is 15.5. The molecule has 4 amide bonds. The van der Waals surface area contributed by atoms with E-state index in [0.29, 0.717) is 69.1 Å². The quantitative estimate of drug-likeness (QED) is 0.0836. The molecule has 2 aromatic carbocycles. The average molecular weight is 1150 g/mol. The van der Waals surface area contributed by atoms with Gasteiger partial charge in [-0.15, -0.1) is 22.7 Å². The maximum atomic E-state index is 12.6. The zero-order chi connectivity index (χ0) is 55.3. The summed E-state index contributed by atoms with van der Waals surface area (Å²) in [6.07, 6.45) is 10.3. The van der Waals surface area contributed by atoms with Gasteiger partial charge in [0.05, 0.1) is 34.3 Å². The van der Waals surface area contributed by atoms with E-state index in [1.54, 1.807) is 88.3 Å². The van der Waals surface area contributed by atoms with Gasteiger partial charge < -0.3 is 41.2 Å². The van der Waals surface area contributed by atoms with Gasteiger partial charge in [-0.2, -0.15) is 0 Å². The van der Waals surface area contributed by atoms with Crippen molar-refractivity contribution < 1.29 is 28.5 Å². The van der Waals surface area contributed by atoms with Gasteiger partial charge in [0.1, 0.15) is 50.4 Å². The first-order valence-corrected chi connectivity index (χ1v) is 27.5. The predicted molar refractivity (Wildman–Crippen MR) is 305 cm³/mol. The molecular formula is C54H54BBrN14O6S2. The third kappa shape index (κ3) is 11.5. The van der Waals surface area contributed by atoms with Gasteiger partial charge in [0, 0.05) is 65.3 Å². The zero-order valence-corrected chi connectivity index (χ0v) is 46.7. The first-order valence-electron chi connectivity index (χ1n) is 24.8. The Morgan fingerprint density at radius 1 is 0.679 bits per heavy atom. The Labute approximate surface area is 466 Å². The van der Waals surface area contributed by atoms with Crippen molar-refractivity contribution in [2.75, 3.05) is 35.2 Å². The Balaban J connectivity index is 0.000000148. The number of amides is 4. The van der Waals surface area contributed by atoms with Crippen LogP contribution in [-0.2, 0) is 18.9 Å². The van der Waals surface area contributed by atoms with Crippen molar-refractivity contribution in [3.63, 3.8) is 0 Å². The number of carbonyl (C=O) groups is 4. The maximum Gasteiger partial charge on any atom is 0.494 e. The van der Waals surface area contributed by atoms with Crippen LogP contribution in [-0.4, -0.2) is 104 Å². The predicted octanol–water partition coefficient (Wildman–Crippen LogP) is 7.83. The molecule has 9 heterocycles. The minimum Gasteiger partial charge on any atom is -0.399 e. The van der Waals surface area contributed by atoms with Crippen molar-refractivity contribution in [3.8, 4) is 34.9 Å². The van der Waals surface area contributed by atoms with Crippen LogP contribution in [0.1, 0.15) is 112 Å². The summed E-state index contributed by atoms with van der Waals surface area (Å²) >= 11 is 6.27. The van der Waals surface area contributed by atoms with Crippen LogP contribution in [0.2, 0.25) is 0 Å². The van der Waals surface area contributed by atoms with Crippen molar-refractivity contribution in [1.82, 2.24) is 48.5 Å². The number of rotatable bonds is 8. The van der Waals surface area contributed by atoms with Crippen molar-refractivity contribution in [2.45, 2.75) is 90.5 Å². The smallest absolute Gasteiger partial charge is 0.399 e. The highest BCUT2D eigenvalue weighted by Crippen LogP contribution is 2.39. The molecular weight excluding hydrogens is 1100 g/mol. The van der Waals surface area contributed by atoms with Gasteiger partial charge in [-0.05, 0) is 125 Å². The van der Waals surface area contributed by atoms with Crippen LogP contribution < -0.4 is 27.6 Å². The molecule has 3 aliphatic heterocycles. The van der Waals surface area contributed by atoms with Gasteiger partial charge in [-0.3, -0.25) is 28.0 Å². The Bertz CT molecular complexity index is 3630. The fourth-order valence-electron chi connectivity index (χ4n) is 9.19. The van der Waals surface area contributed by atoms with Crippen LogP contribution in [0, 0.1) is 23.7 Å². The highest BCUT2D eigenvalue weighted by molar-refractivity contribution is 9.10. The van der Waals surface area contributed by atoms with E-state index in [1.165, 1.54) is 22.7 Å². The lowest BCUT2D eigenvalue weighted by Crippen LogP contribution is -2.41. The lowest BCUT2D eigenvalue weighted by Gasteiger charge is -2.32. The Hall–Kier alpha value is -8.00. The van der Waals surface area contributed by atoms with Crippen LogP contribution in [0.3, 0.4) is 0 Å². The Kier molecular flexibility index (Phi) is 16.4. The molecule has 0 aliphatic carbocycles. The topological polar surface area (TPSA) is 255 Å². The van der Waals surface area contributed by atoms with Gasteiger partial charge in [0.15, 0.2) is 5.82 Å². The Morgan fingerprint density at radius 3 is 1.62 bits per heavy atom. The van der Waals surface area contributed by atoms with E-state index >= 15 is 0 Å². The summed E-state index contributed by atoms with van der Waals surface area (Å²) in [5, 5.41) is 9.07. The summed E-state index contributed by atoms with van der Waals surface area (Å²) in [4.78, 5) is 78.8. The highest BCUT2D eigenvalue weighted by Gasteiger charge is 2.51. The number of halogens is 1. The number of aromatic nitrogens is 8. The van der Waals surface area contributed by atoms with E-state index < -0.39 is 7.12 Å². The van der Waals surface area contributed by atoms with E-state index in [1.807, 2.05) is 67.0 Å². The van der Waals surface area contributed by atoms with Crippen LogP contribution in [0.4, 0.5) is 23.3 Å². The standard InChI is InChI=1S/C24H21N7O2S.C16H19BN2O3S.C14H14BrN5O/c1-2-4-19(32)30-11-3-5-17(30)23-29-20(21-22(25)26-10-12-31(21)23)15-6-8-16(9-7-15)24(33)28-18-13-34-14-27-18;1-15(2)16(3,4)22-17(21-15)12-7-5-11(6-8-12)14(20)19-13-9-23-10-18-13;1-2-4-10(21)19-7-3-5-9(19)14-18-12(15)11-13(16)17-6-8-20(11)14/h6-10,12-14,17H,3,5,11H2,1H3,(H2,25,26)(H,28,33);5-10H,1-4H3,(H,19,20);6,8-9H,3,5,7H2,1H3,(H2,16,17)/t17-;;9-/m0.0/s1. The second-order valence-corrected chi connectivity index (χ2v) is 21.3. The van der Waals surface area contributed by atoms with Gasteiger partial charge in [-0.25, -0.2) is 29.9 Å². The lowest BCUT2D eigenvalue weighted by molar-refractivity contribution is -0.126. The summed E-state index contributed by atoms with van der Waals surface area (Å²) < 4.78 is 16.4. The first kappa shape index (κ1) is 54.8. The molecule has 0 spiro atoms. The number of carbonyl (C=O) groups excluding carboxylic acids is 4. The molecule has 20 nitrogen and oxygen atoms in total. The Morgan fingerprint density at radius 2 is 1.14 bits per heavy atom. The van der Waals surface area contributed by atoms with Gasteiger partial charge >= 0.3 is 7.12 Å². The minimum absolute atomic E-state index is 0.0843. The van der Waals surface area contributed by atoms with Crippen LogP contribution in [0.15, 0.2) is 99.7 Å². The number of anilines is 4. The largest absolute Gasteiger partial charge is 0.494 e. The molecule has 6 N–H and O–H groups in total. The van der Waals surface area contributed by atoms with Gasteiger partial charge in [-0.1, -0.05) is 36.1 Å². The third-order valence-electron chi connectivity index (χ3n) is 13.7. The fourth-order valence-corrected chi connectivity index (χ4v) is 10.7. The lowest BCUT2D eigenvalue weighted by atomic mass is 9.79. The van der Waals surface area contributed by atoms with E-state index in [-0.39, 0.29) is 46.9 Å². The van der Waals surface area contributed by atoms with Gasteiger partial charge in [0.25, 0.3) is 23.6 Å². The van der Waals surface area contributed by atoms with E-state index in [0.717, 1.165) is 48.1 Å². The van der Waals surface area contributed by atoms with E-state index in [9.17, 15) is 19.2 Å². The van der Waals surface area contributed by atoms with Crippen molar-refractivity contribution in [1.29, 1.82) is 0 Å². The molecule has 3 fully saturated rings. The molecule has 11 rings (SSSR count). The molecule has 398 valence electrons. The number of hydrogen-bond acceptors (Lipinski definition) is 16. The molecule has 6 aromatic heterocycles. The number of hydrogen-bond donors (Lipinski definition) is 4. The summed E-state index contributed by atoms with van der Waals surface area (Å²) in [6, 6.07) is 14.1. The molecule has 8 aromatic rings. The molecule has 24 heteroatoms. The second-order valence-electron chi connectivity index (χ2n) is 19.1. The zero-order valence-electron chi connectivity index (χ0n) is 43.5. The maximum absolute atomic E-state index is 12.6. The van der Waals surface area contributed by atoms with E-state index in [4.69, 9.17) is 25.8 Å². The highest BCUT2D eigenvalue weighted by atomic mass is 79.9. The average Bonchev–Trinajstić information content (AvgIpc) is 4.36. The monoisotopic (exact) mass is 1150 g/mol. The summed E-state index contributed by atoms with van der Waals surface area (Å²) in [5.41, 5.74) is 19.5. The van der Waals surface area contributed by atoms with Gasteiger partial charge in [0.2, 0.25) is 0 Å². The number of nitrogen functional groups attached to an aromatic ring is 2. The number of benzene rings is 2. The number of nitrogens with two attached hydrogens (primary N) is 2. The number of nitrogens with zero attached hydrogens (tertiary/aromatic N) is 10. The van der Waals surface area contributed by atoms with Crippen LogP contribution in [0.5, 0.6) is 0 Å². The fraction of sp³-hybridized carbons (Fsp3) is 0.296. The molecule has 0 bridgehead atoms. The summed E-state index contributed by atoms with van der Waals surface area (Å²) in [6.45, 7) is 12.7. The normalized spacial score (nSPS) is 17.0.